The van der Waals surface area contributed by atoms with Gasteiger partial charge in [-0.3, -0.25) is 14.4 Å². The molecule has 2 aromatic rings. The first-order valence-electron chi connectivity index (χ1n) is 7.92. The lowest BCUT2D eigenvalue weighted by atomic mass is 10.2. The molecular weight excluding hydrogens is 407 g/mol. The number of rotatable bonds is 6. The Kier molecular flexibility index (Phi) is 7.79. The summed E-state index contributed by atoms with van der Waals surface area (Å²) in [5.41, 5.74) is 3.06. The first-order valence-corrected chi connectivity index (χ1v) is 8.68. The van der Waals surface area contributed by atoms with Gasteiger partial charge < -0.3 is 15.4 Å². The second-order valence-electron chi connectivity index (χ2n) is 5.28. The van der Waals surface area contributed by atoms with Crippen LogP contribution in [0.5, 0.6) is 5.75 Å². The zero-order chi connectivity index (χ0) is 20.5. The van der Waals surface area contributed by atoms with Crippen molar-refractivity contribution < 1.29 is 19.1 Å². The minimum atomic E-state index is -0.904. The number of hydrogen-bond acceptors (Lipinski definition) is 5. The molecule has 0 heterocycles. The largest absolute Gasteiger partial charge is 0.483 e. The van der Waals surface area contributed by atoms with Crippen molar-refractivity contribution in [2.75, 3.05) is 19.0 Å². The predicted octanol–water partition coefficient (Wildman–Crippen LogP) is 2.21. The van der Waals surface area contributed by atoms with E-state index in [2.05, 4.69) is 21.2 Å². The van der Waals surface area contributed by atoms with E-state index in [-0.39, 0.29) is 6.61 Å². The summed E-state index contributed by atoms with van der Waals surface area (Å²) in [6, 6.07) is 11.5. The quantitative estimate of drug-likeness (QED) is 0.376. The molecule has 0 aromatic heterocycles. The zero-order valence-electron chi connectivity index (χ0n) is 14.7. The third-order valence-electron chi connectivity index (χ3n) is 3.28. The van der Waals surface area contributed by atoms with Gasteiger partial charge in [0.15, 0.2) is 6.61 Å². The third-order valence-corrected chi connectivity index (χ3v) is 4.02. The average molecular weight is 423 g/mol. The van der Waals surface area contributed by atoms with Crippen molar-refractivity contribution in [3.63, 3.8) is 0 Å². The van der Waals surface area contributed by atoms with Crippen LogP contribution in [-0.2, 0) is 14.4 Å². The van der Waals surface area contributed by atoms with Crippen LogP contribution in [-0.4, -0.2) is 37.6 Å². The molecule has 0 saturated heterocycles. The molecule has 0 aliphatic rings. The van der Waals surface area contributed by atoms with E-state index in [0.717, 1.165) is 0 Å². The summed E-state index contributed by atoms with van der Waals surface area (Å²) in [6.45, 7) is -0.268. The summed E-state index contributed by atoms with van der Waals surface area (Å²) in [5.74, 6) is -1.76. The Labute approximate surface area is 170 Å². The minimum Gasteiger partial charge on any atom is -0.483 e. The highest BCUT2D eigenvalue weighted by Crippen LogP contribution is 2.25. The molecule has 146 valence electrons. The summed E-state index contributed by atoms with van der Waals surface area (Å²) in [4.78, 5) is 34.5. The van der Waals surface area contributed by atoms with Crippen molar-refractivity contribution in [2.24, 2.45) is 5.10 Å². The van der Waals surface area contributed by atoms with Gasteiger partial charge in [0.25, 0.3) is 5.91 Å². The number of ether oxygens (including phenoxy) is 1. The van der Waals surface area contributed by atoms with Gasteiger partial charge in [-0.2, -0.15) is 5.10 Å². The number of anilines is 1. The molecule has 28 heavy (non-hydrogen) atoms. The van der Waals surface area contributed by atoms with Gasteiger partial charge in [0.2, 0.25) is 0 Å². The van der Waals surface area contributed by atoms with E-state index < -0.39 is 17.7 Å². The van der Waals surface area contributed by atoms with Crippen molar-refractivity contribution in [2.45, 2.75) is 0 Å². The van der Waals surface area contributed by atoms with Gasteiger partial charge in [-0.1, -0.05) is 35.3 Å². The number of nitrogens with one attached hydrogen (secondary N) is 3. The smallest absolute Gasteiger partial charge is 0.329 e. The van der Waals surface area contributed by atoms with Gasteiger partial charge >= 0.3 is 11.8 Å². The standard InChI is InChI=1S/C18H16Cl2N4O4/c1-21-17(26)18(27)24-22-9-11-4-2-3-5-15(11)28-10-16(25)23-12-6-7-13(19)14(20)8-12/h2-9H,10H2,1H3,(H,21,26)(H,23,25)(H,24,27)/b22-9-. The van der Waals surface area contributed by atoms with Crippen molar-refractivity contribution >= 4 is 52.8 Å². The topological polar surface area (TPSA) is 109 Å². The predicted molar refractivity (Wildman–Crippen MR) is 107 cm³/mol. The van der Waals surface area contributed by atoms with Gasteiger partial charge in [0.05, 0.1) is 16.3 Å². The number of nitrogens with zero attached hydrogens (tertiary/aromatic N) is 1. The molecule has 0 atom stereocenters. The highest BCUT2D eigenvalue weighted by molar-refractivity contribution is 6.42. The molecule has 0 radical (unpaired) electrons. The highest BCUT2D eigenvalue weighted by atomic mass is 35.5. The third kappa shape index (κ3) is 6.26. The molecule has 10 heteroatoms. The van der Waals surface area contributed by atoms with Crippen molar-refractivity contribution in [1.82, 2.24) is 10.7 Å². The molecule has 3 amide bonds. The van der Waals surface area contributed by atoms with Gasteiger partial charge in [-0.25, -0.2) is 5.43 Å². The van der Waals surface area contributed by atoms with Crippen LogP contribution < -0.4 is 20.8 Å². The number of hydrazone groups is 1. The number of carbonyl (C=O) groups is 3. The Balaban J connectivity index is 1.95. The van der Waals surface area contributed by atoms with E-state index in [1.54, 1.807) is 36.4 Å². The lowest BCUT2D eigenvalue weighted by molar-refractivity contribution is -0.138. The average Bonchev–Trinajstić information content (AvgIpc) is 2.69. The van der Waals surface area contributed by atoms with Crippen molar-refractivity contribution in [3.05, 3.63) is 58.1 Å². The Morgan fingerprint density at radius 1 is 1.07 bits per heavy atom. The number of carbonyl (C=O) groups excluding carboxylic acids is 3. The molecule has 3 N–H and O–H groups in total. The maximum Gasteiger partial charge on any atom is 0.329 e. The molecule has 0 aliphatic heterocycles. The highest BCUT2D eigenvalue weighted by Gasteiger charge is 2.10. The second-order valence-corrected chi connectivity index (χ2v) is 6.10. The lowest BCUT2D eigenvalue weighted by Crippen LogP contribution is -2.35. The number of para-hydroxylation sites is 1. The molecular formula is C18H16Cl2N4O4. The number of hydrogen-bond donors (Lipinski definition) is 3. The molecule has 0 spiro atoms. The number of benzene rings is 2. The summed E-state index contributed by atoms with van der Waals surface area (Å²) in [5, 5.41) is 9.20. The minimum absolute atomic E-state index is 0.268. The molecule has 8 nitrogen and oxygen atoms in total. The zero-order valence-corrected chi connectivity index (χ0v) is 16.2. The van der Waals surface area contributed by atoms with Crippen molar-refractivity contribution in [1.29, 1.82) is 0 Å². The molecule has 0 fully saturated rings. The second kappa shape index (κ2) is 10.3. The number of likely N-dealkylation sites (N-methyl/N-ethyl adjacent to an activating group) is 1. The van der Waals surface area contributed by atoms with E-state index in [4.69, 9.17) is 27.9 Å². The fourth-order valence-corrected chi connectivity index (χ4v) is 2.26. The van der Waals surface area contributed by atoms with Crippen LogP contribution in [0.25, 0.3) is 0 Å². The van der Waals surface area contributed by atoms with Gasteiger partial charge in [0.1, 0.15) is 5.75 Å². The SMILES string of the molecule is CNC(=O)C(=O)N/N=C\c1ccccc1OCC(=O)Nc1ccc(Cl)c(Cl)c1. The normalized spacial score (nSPS) is 10.4. The van der Waals surface area contributed by atoms with E-state index in [1.807, 2.05) is 0 Å². The van der Waals surface area contributed by atoms with Crippen molar-refractivity contribution in [3.8, 4) is 5.75 Å². The van der Waals surface area contributed by atoms with Gasteiger partial charge in [-0.15, -0.1) is 0 Å². The monoisotopic (exact) mass is 422 g/mol. The number of halogens is 2. The van der Waals surface area contributed by atoms with Crippen LogP contribution in [0.3, 0.4) is 0 Å². The first kappa shape index (κ1) is 21.2. The first-order chi connectivity index (χ1) is 13.4. The van der Waals surface area contributed by atoms with E-state index in [1.165, 1.54) is 19.3 Å². The summed E-state index contributed by atoms with van der Waals surface area (Å²) in [7, 11) is 1.33. The van der Waals surface area contributed by atoms with Gasteiger partial charge in [-0.05, 0) is 30.3 Å². The Bertz CT molecular complexity index is 918. The van der Waals surface area contributed by atoms with Crippen LogP contribution in [0, 0.1) is 0 Å². The molecule has 0 saturated carbocycles. The fourth-order valence-electron chi connectivity index (χ4n) is 1.96. The molecule has 2 aromatic carbocycles. The van der Waals surface area contributed by atoms with Crippen LogP contribution in [0.1, 0.15) is 5.56 Å². The van der Waals surface area contributed by atoms with Crippen LogP contribution in [0.15, 0.2) is 47.6 Å². The molecule has 0 aliphatic carbocycles. The molecule has 0 unspecified atom stereocenters. The maximum atomic E-state index is 12.1. The van der Waals surface area contributed by atoms with Crippen LogP contribution in [0.4, 0.5) is 5.69 Å². The molecule has 0 bridgehead atoms. The summed E-state index contributed by atoms with van der Waals surface area (Å²) in [6.07, 6.45) is 1.30. The van der Waals surface area contributed by atoms with Crippen LogP contribution >= 0.6 is 23.2 Å². The summed E-state index contributed by atoms with van der Waals surface area (Å²) >= 11 is 11.7. The lowest BCUT2D eigenvalue weighted by Gasteiger charge is -2.10. The number of amides is 3. The fraction of sp³-hybridized carbons (Fsp3) is 0.111. The Morgan fingerprint density at radius 3 is 2.54 bits per heavy atom. The molecule has 2 rings (SSSR count). The Hall–Kier alpha value is -3.10. The van der Waals surface area contributed by atoms with E-state index in [9.17, 15) is 14.4 Å². The van der Waals surface area contributed by atoms with Gasteiger partial charge in [0, 0.05) is 18.3 Å². The maximum absolute atomic E-state index is 12.1. The van der Waals surface area contributed by atoms with E-state index >= 15 is 0 Å². The summed E-state index contributed by atoms with van der Waals surface area (Å²) < 4.78 is 5.50. The van der Waals surface area contributed by atoms with Crippen LogP contribution in [0.2, 0.25) is 10.0 Å². The van der Waals surface area contributed by atoms with E-state index in [0.29, 0.717) is 27.0 Å². The Morgan fingerprint density at radius 2 is 1.82 bits per heavy atom.